The second-order valence-corrected chi connectivity index (χ2v) is 6.42. The molecule has 1 fully saturated rings. The molecule has 0 bridgehead atoms. The van der Waals surface area contributed by atoms with Crippen molar-refractivity contribution >= 4 is 11.6 Å². The largest absolute Gasteiger partial charge is 0.310 e. The van der Waals surface area contributed by atoms with Crippen LogP contribution in [0.3, 0.4) is 0 Å². The maximum Gasteiger partial charge on any atom is 0.0453 e. The van der Waals surface area contributed by atoms with Gasteiger partial charge in [-0.1, -0.05) is 49.4 Å². The van der Waals surface area contributed by atoms with E-state index in [2.05, 4.69) is 37.4 Å². The van der Waals surface area contributed by atoms with Crippen LogP contribution in [0, 0.1) is 12.8 Å². The predicted molar refractivity (Wildman–Crippen MR) is 83.7 cm³/mol. The van der Waals surface area contributed by atoms with Crippen molar-refractivity contribution in [3.63, 3.8) is 0 Å². The third-order valence-corrected chi connectivity index (χ3v) is 4.78. The van der Waals surface area contributed by atoms with E-state index in [0.29, 0.717) is 6.04 Å². The minimum absolute atomic E-state index is 0.593. The Kier molecular flexibility index (Phi) is 5.72. The van der Waals surface area contributed by atoms with E-state index in [1.165, 1.54) is 49.7 Å². The first-order valence-electron chi connectivity index (χ1n) is 7.65. The molecule has 1 nitrogen and oxygen atoms in total. The van der Waals surface area contributed by atoms with Crippen molar-refractivity contribution in [3.8, 4) is 0 Å². The zero-order chi connectivity index (χ0) is 13.7. The van der Waals surface area contributed by atoms with E-state index in [0.717, 1.165) is 17.5 Å². The van der Waals surface area contributed by atoms with Crippen molar-refractivity contribution in [1.82, 2.24) is 5.32 Å². The molecule has 0 amide bonds. The van der Waals surface area contributed by atoms with Crippen molar-refractivity contribution in [2.75, 3.05) is 0 Å². The highest BCUT2D eigenvalue weighted by molar-refractivity contribution is 6.31. The molecule has 0 aliphatic heterocycles. The first kappa shape index (κ1) is 14.9. The lowest BCUT2D eigenvalue weighted by Crippen LogP contribution is -2.33. The fourth-order valence-electron chi connectivity index (χ4n) is 3.04. The van der Waals surface area contributed by atoms with Crippen molar-refractivity contribution in [2.45, 2.75) is 65.0 Å². The summed E-state index contributed by atoms with van der Waals surface area (Å²) in [5.74, 6) is 0.840. The number of nitrogens with one attached hydrogen (secondary N) is 1. The van der Waals surface area contributed by atoms with Crippen molar-refractivity contribution in [1.29, 1.82) is 0 Å². The Morgan fingerprint density at radius 3 is 2.53 bits per heavy atom. The van der Waals surface area contributed by atoms with Crippen molar-refractivity contribution in [3.05, 3.63) is 34.3 Å². The molecule has 1 aliphatic carbocycles. The monoisotopic (exact) mass is 279 g/mol. The van der Waals surface area contributed by atoms with E-state index in [-0.39, 0.29) is 0 Å². The molecule has 2 rings (SSSR count). The Hall–Kier alpha value is -0.530. The van der Waals surface area contributed by atoms with Crippen LogP contribution in [-0.2, 0) is 6.54 Å². The van der Waals surface area contributed by atoms with Crippen LogP contribution in [0.25, 0.3) is 0 Å². The molecule has 1 atom stereocenters. The molecular formula is C17H26ClN. The van der Waals surface area contributed by atoms with Crippen LogP contribution in [0.4, 0.5) is 0 Å². The van der Waals surface area contributed by atoms with Crippen LogP contribution in [0.15, 0.2) is 18.2 Å². The highest BCUT2D eigenvalue weighted by atomic mass is 35.5. The lowest BCUT2D eigenvalue weighted by atomic mass is 9.93. The standard InChI is InChI=1S/C17H26ClN/c1-13-9-10-16(17(18)11-13)12-19-14(2)15-7-5-3-4-6-8-15/h9-11,14-15,19H,3-8,12H2,1-2H3/t14-/m1/s1. The Labute approximate surface area is 122 Å². The molecule has 0 radical (unpaired) electrons. The zero-order valence-electron chi connectivity index (χ0n) is 12.2. The van der Waals surface area contributed by atoms with Crippen LogP contribution in [0.5, 0.6) is 0 Å². The van der Waals surface area contributed by atoms with Crippen LogP contribution >= 0.6 is 11.6 Å². The summed E-state index contributed by atoms with van der Waals surface area (Å²) in [7, 11) is 0. The zero-order valence-corrected chi connectivity index (χ0v) is 13.0. The van der Waals surface area contributed by atoms with Crippen molar-refractivity contribution in [2.24, 2.45) is 5.92 Å². The highest BCUT2D eigenvalue weighted by Gasteiger charge is 2.18. The van der Waals surface area contributed by atoms with E-state index in [9.17, 15) is 0 Å². The number of aryl methyl sites for hydroxylation is 1. The molecule has 1 N–H and O–H groups in total. The second kappa shape index (κ2) is 7.31. The molecule has 0 unspecified atom stereocenters. The van der Waals surface area contributed by atoms with Gasteiger partial charge in [-0.05, 0) is 49.8 Å². The van der Waals surface area contributed by atoms with Gasteiger partial charge in [0.15, 0.2) is 0 Å². The Morgan fingerprint density at radius 1 is 1.21 bits per heavy atom. The molecule has 0 heterocycles. The molecule has 0 aromatic heterocycles. The summed E-state index contributed by atoms with van der Waals surface area (Å²) in [6.07, 6.45) is 8.43. The molecule has 19 heavy (non-hydrogen) atoms. The summed E-state index contributed by atoms with van der Waals surface area (Å²) in [6.45, 7) is 5.30. The van der Waals surface area contributed by atoms with E-state index in [1.807, 2.05) is 0 Å². The molecule has 1 aromatic carbocycles. The summed E-state index contributed by atoms with van der Waals surface area (Å²) < 4.78 is 0. The Morgan fingerprint density at radius 2 is 1.89 bits per heavy atom. The van der Waals surface area contributed by atoms with Crippen LogP contribution < -0.4 is 5.32 Å². The molecule has 1 saturated carbocycles. The Bertz CT molecular complexity index is 394. The average Bonchev–Trinajstić information content (AvgIpc) is 2.66. The lowest BCUT2D eigenvalue weighted by Gasteiger charge is -2.24. The molecule has 0 saturated heterocycles. The topological polar surface area (TPSA) is 12.0 Å². The van der Waals surface area contributed by atoms with E-state index < -0.39 is 0 Å². The maximum atomic E-state index is 6.28. The van der Waals surface area contributed by atoms with Crippen LogP contribution in [0.2, 0.25) is 5.02 Å². The quantitative estimate of drug-likeness (QED) is 0.757. The minimum atomic E-state index is 0.593. The predicted octanol–water partition coefficient (Wildman–Crippen LogP) is 5.10. The number of benzene rings is 1. The van der Waals surface area contributed by atoms with Crippen molar-refractivity contribution < 1.29 is 0 Å². The van der Waals surface area contributed by atoms with Gasteiger partial charge in [-0.2, -0.15) is 0 Å². The second-order valence-electron chi connectivity index (χ2n) is 6.02. The fraction of sp³-hybridized carbons (Fsp3) is 0.647. The summed E-state index contributed by atoms with van der Waals surface area (Å²) in [5, 5.41) is 4.56. The lowest BCUT2D eigenvalue weighted by molar-refractivity contribution is 0.336. The van der Waals surface area contributed by atoms with Gasteiger partial charge < -0.3 is 5.32 Å². The van der Waals surface area contributed by atoms with Gasteiger partial charge in [-0.3, -0.25) is 0 Å². The summed E-state index contributed by atoms with van der Waals surface area (Å²) in [5.41, 5.74) is 2.44. The van der Waals surface area contributed by atoms with Crippen LogP contribution in [0.1, 0.15) is 56.6 Å². The van der Waals surface area contributed by atoms with Gasteiger partial charge >= 0.3 is 0 Å². The third-order valence-electron chi connectivity index (χ3n) is 4.43. The molecule has 1 aliphatic rings. The molecule has 2 heteroatoms. The number of hydrogen-bond donors (Lipinski definition) is 1. The van der Waals surface area contributed by atoms with Gasteiger partial charge in [0, 0.05) is 17.6 Å². The molecule has 0 spiro atoms. The first-order valence-corrected chi connectivity index (χ1v) is 8.03. The Balaban J connectivity index is 1.86. The van der Waals surface area contributed by atoms with E-state index >= 15 is 0 Å². The number of rotatable bonds is 4. The average molecular weight is 280 g/mol. The van der Waals surface area contributed by atoms with E-state index in [1.54, 1.807) is 0 Å². The highest BCUT2D eigenvalue weighted by Crippen LogP contribution is 2.26. The first-order chi connectivity index (χ1) is 9.16. The normalized spacial score (nSPS) is 19.1. The SMILES string of the molecule is Cc1ccc(CN[C@H](C)C2CCCCCC2)c(Cl)c1. The van der Waals surface area contributed by atoms with Gasteiger partial charge in [0.05, 0.1) is 0 Å². The van der Waals surface area contributed by atoms with Gasteiger partial charge in [-0.15, -0.1) is 0 Å². The van der Waals surface area contributed by atoms with Gasteiger partial charge in [-0.25, -0.2) is 0 Å². The number of hydrogen-bond acceptors (Lipinski definition) is 1. The molecule has 1 aromatic rings. The van der Waals surface area contributed by atoms with Gasteiger partial charge in [0.25, 0.3) is 0 Å². The maximum absolute atomic E-state index is 6.28. The third kappa shape index (κ3) is 4.50. The van der Waals surface area contributed by atoms with Gasteiger partial charge in [0.2, 0.25) is 0 Å². The van der Waals surface area contributed by atoms with Crippen LogP contribution in [-0.4, -0.2) is 6.04 Å². The molecular weight excluding hydrogens is 254 g/mol. The number of halogens is 1. The smallest absolute Gasteiger partial charge is 0.0453 e. The molecule has 106 valence electrons. The summed E-state index contributed by atoms with van der Waals surface area (Å²) in [4.78, 5) is 0. The minimum Gasteiger partial charge on any atom is -0.310 e. The van der Waals surface area contributed by atoms with E-state index in [4.69, 9.17) is 11.6 Å². The summed E-state index contributed by atoms with van der Waals surface area (Å²) in [6, 6.07) is 6.92. The fourth-order valence-corrected chi connectivity index (χ4v) is 3.35. The summed E-state index contributed by atoms with van der Waals surface area (Å²) >= 11 is 6.28. The van der Waals surface area contributed by atoms with Gasteiger partial charge in [0.1, 0.15) is 0 Å².